The van der Waals surface area contributed by atoms with Crippen LogP contribution in [0.2, 0.25) is 0 Å². The molecule has 2 heterocycles. The second kappa shape index (κ2) is 8.10. The summed E-state index contributed by atoms with van der Waals surface area (Å²) < 4.78 is 5.71. The molecule has 0 aliphatic rings. The van der Waals surface area contributed by atoms with E-state index in [0.717, 1.165) is 22.6 Å². The predicted octanol–water partition coefficient (Wildman–Crippen LogP) is 4.65. The van der Waals surface area contributed by atoms with Gasteiger partial charge in [0.05, 0.1) is 5.69 Å². The highest BCUT2D eigenvalue weighted by Crippen LogP contribution is 2.25. The summed E-state index contributed by atoms with van der Waals surface area (Å²) in [5, 5.41) is 5.22. The molecule has 6 heteroatoms. The lowest BCUT2D eigenvalue weighted by Crippen LogP contribution is -2.20. The molecule has 0 spiro atoms. The van der Waals surface area contributed by atoms with Crippen LogP contribution in [-0.2, 0) is 4.79 Å². The van der Waals surface area contributed by atoms with Gasteiger partial charge in [-0.1, -0.05) is 26.0 Å². The number of ether oxygens (including phenoxy) is 1. The van der Waals surface area contributed by atoms with Crippen LogP contribution in [0.15, 0.2) is 48.1 Å². The fraction of sp³-hybridized carbons (Fsp3) is 0.250. The van der Waals surface area contributed by atoms with Crippen molar-refractivity contribution in [2.75, 3.05) is 11.9 Å². The molecule has 0 fully saturated rings. The molecule has 1 aromatic carbocycles. The standard InChI is InChI=1S/C20H21N3O2S/c1-13(2)15-7-6-14(3)18(9-15)25-11-19(24)23-20-22-17(12-26-20)16-5-4-8-21-10-16/h4-10,12-13H,11H2,1-3H3,(H,22,23,24). The van der Waals surface area contributed by atoms with Crippen LogP contribution in [0.4, 0.5) is 5.13 Å². The number of carbonyl (C=O) groups excluding carboxylic acids is 1. The van der Waals surface area contributed by atoms with Gasteiger partial charge in [0.1, 0.15) is 5.75 Å². The molecular weight excluding hydrogens is 346 g/mol. The number of benzene rings is 1. The summed E-state index contributed by atoms with van der Waals surface area (Å²) in [6, 6.07) is 9.89. The van der Waals surface area contributed by atoms with Crippen LogP contribution in [0.5, 0.6) is 5.75 Å². The minimum Gasteiger partial charge on any atom is -0.483 e. The molecule has 0 unspecified atom stereocenters. The van der Waals surface area contributed by atoms with Crippen LogP contribution in [-0.4, -0.2) is 22.5 Å². The Balaban J connectivity index is 1.60. The Labute approximate surface area is 157 Å². The molecule has 0 saturated heterocycles. The van der Waals surface area contributed by atoms with Crippen molar-refractivity contribution in [1.82, 2.24) is 9.97 Å². The highest BCUT2D eigenvalue weighted by Gasteiger charge is 2.10. The molecule has 1 N–H and O–H groups in total. The van der Waals surface area contributed by atoms with Crippen molar-refractivity contribution in [1.29, 1.82) is 0 Å². The first-order valence-corrected chi connectivity index (χ1v) is 9.30. The lowest BCUT2D eigenvalue weighted by atomic mass is 10.0. The Kier molecular flexibility index (Phi) is 5.63. The van der Waals surface area contributed by atoms with Gasteiger partial charge >= 0.3 is 0 Å². The van der Waals surface area contributed by atoms with E-state index in [2.05, 4.69) is 35.2 Å². The van der Waals surface area contributed by atoms with Gasteiger partial charge in [-0.15, -0.1) is 11.3 Å². The monoisotopic (exact) mass is 367 g/mol. The normalized spacial score (nSPS) is 10.8. The Morgan fingerprint density at radius 1 is 1.31 bits per heavy atom. The maximum absolute atomic E-state index is 12.2. The quantitative estimate of drug-likeness (QED) is 0.688. The van der Waals surface area contributed by atoms with Crippen LogP contribution in [0.3, 0.4) is 0 Å². The molecule has 0 bridgehead atoms. The molecular formula is C20H21N3O2S. The molecule has 134 valence electrons. The average molecular weight is 367 g/mol. The fourth-order valence-corrected chi connectivity index (χ4v) is 3.14. The highest BCUT2D eigenvalue weighted by atomic mass is 32.1. The molecule has 0 atom stereocenters. The number of carbonyl (C=O) groups is 1. The first-order chi connectivity index (χ1) is 12.5. The maximum Gasteiger partial charge on any atom is 0.264 e. The van der Waals surface area contributed by atoms with Crippen LogP contribution in [0.25, 0.3) is 11.3 Å². The van der Waals surface area contributed by atoms with E-state index in [-0.39, 0.29) is 12.5 Å². The molecule has 2 aromatic heterocycles. The number of rotatable bonds is 6. The summed E-state index contributed by atoms with van der Waals surface area (Å²) in [6.45, 7) is 6.18. The molecule has 0 radical (unpaired) electrons. The number of hydrogen-bond donors (Lipinski definition) is 1. The van der Waals surface area contributed by atoms with Gasteiger partial charge < -0.3 is 4.74 Å². The third-order valence-corrected chi connectivity index (χ3v) is 4.70. The van der Waals surface area contributed by atoms with Gasteiger partial charge in [0.15, 0.2) is 11.7 Å². The van der Waals surface area contributed by atoms with E-state index in [4.69, 9.17) is 4.74 Å². The summed E-state index contributed by atoms with van der Waals surface area (Å²) in [6.07, 6.45) is 3.46. The second-order valence-corrected chi connectivity index (χ2v) is 7.15. The van der Waals surface area contributed by atoms with Crippen LogP contribution >= 0.6 is 11.3 Å². The van der Waals surface area contributed by atoms with Crippen LogP contribution in [0.1, 0.15) is 30.9 Å². The van der Waals surface area contributed by atoms with Crippen molar-refractivity contribution < 1.29 is 9.53 Å². The highest BCUT2D eigenvalue weighted by molar-refractivity contribution is 7.14. The zero-order chi connectivity index (χ0) is 18.5. The number of anilines is 1. The summed E-state index contributed by atoms with van der Waals surface area (Å²) in [4.78, 5) is 20.7. The third kappa shape index (κ3) is 4.46. The topological polar surface area (TPSA) is 64.1 Å². The van der Waals surface area contributed by atoms with Crippen molar-refractivity contribution in [3.63, 3.8) is 0 Å². The van der Waals surface area contributed by atoms with Crippen molar-refractivity contribution in [3.05, 3.63) is 59.2 Å². The average Bonchev–Trinajstić information content (AvgIpc) is 3.10. The number of amides is 1. The smallest absolute Gasteiger partial charge is 0.264 e. The Bertz CT molecular complexity index is 891. The molecule has 0 aliphatic heterocycles. The molecule has 0 aliphatic carbocycles. The van der Waals surface area contributed by atoms with Crippen molar-refractivity contribution in [2.45, 2.75) is 26.7 Å². The Hall–Kier alpha value is -2.73. The largest absolute Gasteiger partial charge is 0.483 e. The minimum atomic E-state index is -0.230. The van der Waals surface area contributed by atoms with Gasteiger partial charge in [0, 0.05) is 23.3 Å². The van der Waals surface area contributed by atoms with Gasteiger partial charge in [0.25, 0.3) is 5.91 Å². The van der Waals surface area contributed by atoms with E-state index in [0.29, 0.717) is 11.0 Å². The summed E-state index contributed by atoms with van der Waals surface area (Å²) >= 11 is 1.38. The van der Waals surface area contributed by atoms with E-state index < -0.39 is 0 Å². The molecule has 1 amide bonds. The zero-order valence-corrected chi connectivity index (χ0v) is 15.8. The van der Waals surface area contributed by atoms with Crippen LogP contribution in [0, 0.1) is 6.92 Å². The van der Waals surface area contributed by atoms with Gasteiger partial charge in [0.2, 0.25) is 0 Å². The number of nitrogens with zero attached hydrogens (tertiary/aromatic N) is 2. The molecule has 5 nitrogen and oxygen atoms in total. The Morgan fingerprint density at radius 2 is 2.15 bits per heavy atom. The maximum atomic E-state index is 12.2. The van der Waals surface area contributed by atoms with E-state index in [1.54, 1.807) is 12.4 Å². The van der Waals surface area contributed by atoms with Gasteiger partial charge in [-0.05, 0) is 42.2 Å². The molecule has 3 aromatic rings. The van der Waals surface area contributed by atoms with Gasteiger partial charge in [-0.2, -0.15) is 0 Å². The number of thiazole rings is 1. The van der Waals surface area contributed by atoms with Gasteiger partial charge in [-0.3, -0.25) is 15.1 Å². The number of pyridine rings is 1. The first-order valence-electron chi connectivity index (χ1n) is 8.42. The Morgan fingerprint density at radius 3 is 2.88 bits per heavy atom. The molecule has 0 saturated carbocycles. The molecule has 26 heavy (non-hydrogen) atoms. The van der Waals surface area contributed by atoms with Crippen LogP contribution < -0.4 is 10.1 Å². The van der Waals surface area contributed by atoms with E-state index >= 15 is 0 Å². The zero-order valence-electron chi connectivity index (χ0n) is 15.0. The molecule has 3 rings (SSSR count). The predicted molar refractivity (Wildman–Crippen MR) is 105 cm³/mol. The summed E-state index contributed by atoms with van der Waals surface area (Å²) in [7, 11) is 0. The lowest BCUT2D eigenvalue weighted by Gasteiger charge is -2.12. The third-order valence-electron chi connectivity index (χ3n) is 3.95. The second-order valence-electron chi connectivity index (χ2n) is 6.30. The van der Waals surface area contributed by atoms with E-state index in [1.165, 1.54) is 16.9 Å². The first kappa shape index (κ1) is 18.1. The SMILES string of the molecule is Cc1ccc(C(C)C)cc1OCC(=O)Nc1nc(-c2cccnc2)cs1. The fourth-order valence-electron chi connectivity index (χ4n) is 2.41. The van der Waals surface area contributed by atoms with Gasteiger partial charge in [-0.25, -0.2) is 4.98 Å². The lowest BCUT2D eigenvalue weighted by molar-refractivity contribution is -0.118. The van der Waals surface area contributed by atoms with Crippen molar-refractivity contribution >= 4 is 22.4 Å². The number of aromatic nitrogens is 2. The van der Waals surface area contributed by atoms with E-state index in [9.17, 15) is 4.79 Å². The van der Waals surface area contributed by atoms with Crippen molar-refractivity contribution in [3.8, 4) is 17.0 Å². The summed E-state index contributed by atoms with van der Waals surface area (Å²) in [5.41, 5.74) is 3.91. The van der Waals surface area contributed by atoms with E-state index in [1.807, 2.05) is 36.6 Å². The number of nitrogens with one attached hydrogen (secondary N) is 1. The van der Waals surface area contributed by atoms with Crippen molar-refractivity contribution in [2.24, 2.45) is 0 Å². The minimum absolute atomic E-state index is 0.0514. The summed E-state index contributed by atoms with van der Waals surface area (Å²) in [5.74, 6) is 0.918. The number of aryl methyl sites for hydroxylation is 1. The number of hydrogen-bond acceptors (Lipinski definition) is 5.